The molecule has 6 heteroatoms. The molecule has 5 nitrogen and oxygen atoms in total. The van der Waals surface area contributed by atoms with Crippen molar-refractivity contribution in [2.75, 3.05) is 23.3 Å². The Morgan fingerprint density at radius 1 is 1.17 bits per heavy atom. The van der Waals surface area contributed by atoms with Crippen molar-refractivity contribution < 1.29 is 9.18 Å². The van der Waals surface area contributed by atoms with Gasteiger partial charge in [0.2, 0.25) is 5.91 Å². The molecule has 0 saturated carbocycles. The van der Waals surface area contributed by atoms with Crippen LogP contribution in [0.3, 0.4) is 0 Å². The molecule has 1 saturated heterocycles. The van der Waals surface area contributed by atoms with Crippen molar-refractivity contribution in [3.05, 3.63) is 72.2 Å². The van der Waals surface area contributed by atoms with Crippen LogP contribution in [0.2, 0.25) is 0 Å². The van der Waals surface area contributed by atoms with E-state index in [2.05, 4.69) is 20.2 Å². The van der Waals surface area contributed by atoms with Gasteiger partial charge in [0.15, 0.2) is 5.82 Å². The van der Waals surface area contributed by atoms with Crippen LogP contribution in [-0.2, 0) is 4.79 Å². The fourth-order valence-corrected chi connectivity index (χ4v) is 3.63. The summed E-state index contributed by atoms with van der Waals surface area (Å²) < 4.78 is 13.2. The minimum atomic E-state index is -0.289. The van der Waals surface area contributed by atoms with Crippen molar-refractivity contribution >= 4 is 17.4 Å². The Bertz CT molecular complexity index is 1010. The molecule has 1 aliphatic heterocycles. The SMILES string of the molecule is Cc1cccc(NC(=O)[C@H]2CCCN(c3ccnc(-c4ccc(F)cc4)n3)C2)c1. The first-order valence-electron chi connectivity index (χ1n) is 9.80. The van der Waals surface area contributed by atoms with E-state index in [0.29, 0.717) is 12.4 Å². The minimum absolute atomic E-state index is 0.0353. The molecule has 1 amide bonds. The van der Waals surface area contributed by atoms with Crippen molar-refractivity contribution in [3.8, 4) is 11.4 Å². The number of anilines is 2. The molecule has 0 unspecified atom stereocenters. The number of aryl methyl sites for hydroxylation is 1. The maximum atomic E-state index is 13.2. The van der Waals surface area contributed by atoms with Gasteiger partial charge in [0.25, 0.3) is 0 Å². The fraction of sp³-hybridized carbons (Fsp3) is 0.261. The molecule has 2 aromatic carbocycles. The van der Waals surface area contributed by atoms with Gasteiger partial charge in [-0.1, -0.05) is 12.1 Å². The molecule has 4 rings (SSSR count). The van der Waals surface area contributed by atoms with Crippen molar-refractivity contribution in [1.82, 2.24) is 9.97 Å². The number of nitrogens with zero attached hydrogens (tertiary/aromatic N) is 3. The quantitative estimate of drug-likeness (QED) is 0.715. The van der Waals surface area contributed by atoms with E-state index >= 15 is 0 Å². The van der Waals surface area contributed by atoms with Gasteiger partial charge in [0.1, 0.15) is 11.6 Å². The number of hydrogen-bond acceptors (Lipinski definition) is 4. The van der Waals surface area contributed by atoms with Gasteiger partial charge in [-0.2, -0.15) is 0 Å². The van der Waals surface area contributed by atoms with Crippen molar-refractivity contribution in [3.63, 3.8) is 0 Å². The molecule has 0 radical (unpaired) electrons. The summed E-state index contributed by atoms with van der Waals surface area (Å²) in [6.45, 7) is 3.46. The lowest BCUT2D eigenvalue weighted by atomic mass is 9.97. The summed E-state index contributed by atoms with van der Waals surface area (Å²) in [7, 11) is 0. The zero-order chi connectivity index (χ0) is 20.2. The van der Waals surface area contributed by atoms with Crippen LogP contribution in [0.4, 0.5) is 15.9 Å². The highest BCUT2D eigenvalue weighted by molar-refractivity contribution is 5.93. The van der Waals surface area contributed by atoms with Gasteiger partial charge < -0.3 is 10.2 Å². The third-order valence-electron chi connectivity index (χ3n) is 5.15. The lowest BCUT2D eigenvalue weighted by Gasteiger charge is -2.33. The minimum Gasteiger partial charge on any atom is -0.356 e. The van der Waals surface area contributed by atoms with Crippen molar-refractivity contribution in [2.24, 2.45) is 5.92 Å². The lowest BCUT2D eigenvalue weighted by molar-refractivity contribution is -0.120. The first kappa shape index (κ1) is 19.1. The largest absolute Gasteiger partial charge is 0.356 e. The second kappa shape index (κ2) is 8.39. The molecular formula is C23H23FN4O. The van der Waals surface area contributed by atoms with Gasteiger partial charge in [0.05, 0.1) is 5.92 Å². The Kier molecular flexibility index (Phi) is 5.51. The molecule has 29 heavy (non-hydrogen) atoms. The highest BCUT2D eigenvalue weighted by atomic mass is 19.1. The Morgan fingerprint density at radius 2 is 2.00 bits per heavy atom. The third-order valence-corrected chi connectivity index (χ3v) is 5.15. The van der Waals surface area contributed by atoms with Crippen LogP contribution in [0.15, 0.2) is 60.8 Å². The number of rotatable bonds is 4. The van der Waals surface area contributed by atoms with E-state index < -0.39 is 0 Å². The molecule has 0 aliphatic carbocycles. The van der Waals surface area contributed by atoms with E-state index in [9.17, 15) is 9.18 Å². The van der Waals surface area contributed by atoms with Crippen LogP contribution in [0.1, 0.15) is 18.4 Å². The van der Waals surface area contributed by atoms with Gasteiger partial charge in [-0.05, 0) is 67.8 Å². The van der Waals surface area contributed by atoms with E-state index in [-0.39, 0.29) is 17.6 Å². The predicted molar refractivity (Wildman–Crippen MR) is 112 cm³/mol. The second-order valence-electron chi connectivity index (χ2n) is 7.39. The summed E-state index contributed by atoms with van der Waals surface area (Å²) in [6.07, 6.45) is 3.48. The van der Waals surface area contributed by atoms with E-state index in [1.165, 1.54) is 12.1 Å². The number of hydrogen-bond donors (Lipinski definition) is 1. The standard InChI is InChI=1S/C23H23FN4O/c1-16-4-2-6-20(14-16)26-23(29)18-5-3-13-28(15-18)21-11-12-25-22(27-21)17-7-9-19(24)10-8-17/h2,4,6-12,14,18H,3,5,13,15H2,1H3,(H,26,29)/t18-/m0/s1. The molecule has 1 aromatic heterocycles. The van der Waals surface area contributed by atoms with Crippen LogP contribution in [-0.4, -0.2) is 29.0 Å². The van der Waals surface area contributed by atoms with Crippen LogP contribution in [0.5, 0.6) is 0 Å². The maximum Gasteiger partial charge on any atom is 0.229 e. The third kappa shape index (κ3) is 4.59. The van der Waals surface area contributed by atoms with Crippen LogP contribution in [0, 0.1) is 18.7 Å². The Morgan fingerprint density at radius 3 is 2.79 bits per heavy atom. The molecule has 1 fully saturated rings. The Labute approximate surface area is 169 Å². The van der Waals surface area contributed by atoms with Gasteiger partial charge in [-0.3, -0.25) is 4.79 Å². The van der Waals surface area contributed by atoms with Gasteiger partial charge in [-0.15, -0.1) is 0 Å². The van der Waals surface area contributed by atoms with E-state index in [4.69, 9.17) is 0 Å². The first-order valence-corrected chi connectivity index (χ1v) is 9.80. The lowest BCUT2D eigenvalue weighted by Crippen LogP contribution is -2.41. The molecule has 0 spiro atoms. The topological polar surface area (TPSA) is 58.1 Å². The highest BCUT2D eigenvalue weighted by Crippen LogP contribution is 2.25. The number of carbonyl (C=O) groups excluding carboxylic acids is 1. The smallest absolute Gasteiger partial charge is 0.229 e. The summed E-state index contributed by atoms with van der Waals surface area (Å²) in [5.74, 6) is 0.978. The molecule has 1 aliphatic rings. The number of benzene rings is 2. The Balaban J connectivity index is 1.47. The molecule has 3 aromatic rings. The number of piperidine rings is 1. The summed E-state index contributed by atoms with van der Waals surface area (Å²) in [5.41, 5.74) is 2.70. The summed E-state index contributed by atoms with van der Waals surface area (Å²) in [6, 6.07) is 15.8. The van der Waals surface area contributed by atoms with Gasteiger partial charge >= 0.3 is 0 Å². The van der Waals surface area contributed by atoms with E-state index in [1.807, 2.05) is 37.3 Å². The van der Waals surface area contributed by atoms with Crippen LogP contribution < -0.4 is 10.2 Å². The predicted octanol–water partition coefficient (Wildman–Crippen LogP) is 4.45. The van der Waals surface area contributed by atoms with Gasteiger partial charge in [0, 0.05) is 30.5 Å². The fourth-order valence-electron chi connectivity index (χ4n) is 3.63. The number of halogens is 1. The number of amides is 1. The number of nitrogens with one attached hydrogen (secondary N) is 1. The highest BCUT2D eigenvalue weighted by Gasteiger charge is 2.27. The van der Waals surface area contributed by atoms with E-state index in [1.54, 1.807) is 18.3 Å². The normalized spacial score (nSPS) is 16.5. The van der Waals surface area contributed by atoms with E-state index in [0.717, 1.165) is 42.0 Å². The van der Waals surface area contributed by atoms with Crippen molar-refractivity contribution in [1.29, 1.82) is 0 Å². The van der Waals surface area contributed by atoms with Crippen LogP contribution >= 0.6 is 0 Å². The molecule has 1 N–H and O–H groups in total. The number of aromatic nitrogens is 2. The summed E-state index contributed by atoms with van der Waals surface area (Å²) in [5, 5.41) is 3.03. The van der Waals surface area contributed by atoms with Crippen LogP contribution in [0.25, 0.3) is 11.4 Å². The average Bonchev–Trinajstić information content (AvgIpc) is 2.74. The number of carbonyl (C=O) groups is 1. The van der Waals surface area contributed by atoms with Gasteiger partial charge in [-0.25, -0.2) is 14.4 Å². The monoisotopic (exact) mass is 390 g/mol. The maximum absolute atomic E-state index is 13.2. The average molecular weight is 390 g/mol. The molecule has 2 heterocycles. The zero-order valence-electron chi connectivity index (χ0n) is 16.3. The Hall–Kier alpha value is -3.28. The van der Waals surface area contributed by atoms with Crippen molar-refractivity contribution in [2.45, 2.75) is 19.8 Å². The molecule has 1 atom stereocenters. The first-order chi connectivity index (χ1) is 14.1. The zero-order valence-corrected chi connectivity index (χ0v) is 16.3. The molecular weight excluding hydrogens is 367 g/mol. The molecule has 148 valence electrons. The summed E-state index contributed by atoms with van der Waals surface area (Å²) in [4.78, 5) is 23.9. The molecule has 0 bridgehead atoms. The second-order valence-corrected chi connectivity index (χ2v) is 7.39. The summed E-state index contributed by atoms with van der Waals surface area (Å²) >= 11 is 0.